The molecular formula is C19H35N3O4S2. The van der Waals surface area contributed by atoms with Gasteiger partial charge in [0.25, 0.3) is 0 Å². The highest BCUT2D eigenvalue weighted by atomic mass is 32.2. The van der Waals surface area contributed by atoms with Gasteiger partial charge in [0.15, 0.2) is 5.12 Å². The molecule has 0 aromatic heterocycles. The van der Waals surface area contributed by atoms with E-state index in [2.05, 4.69) is 10.0 Å². The molecule has 2 fully saturated rings. The number of thioether (sulfide) groups is 1. The molecule has 0 heterocycles. The smallest absolute Gasteiger partial charge is 0.217 e. The van der Waals surface area contributed by atoms with Crippen LogP contribution >= 0.6 is 11.8 Å². The first-order chi connectivity index (χ1) is 13.3. The van der Waals surface area contributed by atoms with Crippen molar-refractivity contribution in [2.75, 3.05) is 18.8 Å². The molecule has 2 rings (SSSR count). The predicted molar refractivity (Wildman–Crippen MR) is 113 cm³/mol. The van der Waals surface area contributed by atoms with Gasteiger partial charge in [-0.2, -0.15) is 0 Å². The fraction of sp³-hybridized carbons (Fsp3) is 0.895. The van der Waals surface area contributed by atoms with Crippen molar-refractivity contribution >= 4 is 32.8 Å². The molecule has 2 aliphatic carbocycles. The normalized spacial score (nSPS) is 26.7. The average Bonchev–Trinajstić information content (AvgIpc) is 2.84. The maximum atomic E-state index is 12.4. The van der Waals surface area contributed by atoms with Gasteiger partial charge in [-0.3, -0.25) is 9.59 Å². The van der Waals surface area contributed by atoms with Gasteiger partial charge >= 0.3 is 0 Å². The Bertz CT molecular complexity index is 619. The fourth-order valence-corrected chi connectivity index (χ4v) is 6.96. The van der Waals surface area contributed by atoms with Crippen molar-refractivity contribution in [3.63, 3.8) is 0 Å². The summed E-state index contributed by atoms with van der Waals surface area (Å²) in [5.74, 6) is 0.692. The Hall–Kier alpha value is -0.640. The highest BCUT2D eigenvalue weighted by Crippen LogP contribution is 2.35. The van der Waals surface area contributed by atoms with Crippen molar-refractivity contribution in [3.05, 3.63) is 0 Å². The maximum Gasteiger partial charge on any atom is 0.217 e. The summed E-state index contributed by atoms with van der Waals surface area (Å²) >= 11 is 1.19. The van der Waals surface area contributed by atoms with E-state index in [4.69, 9.17) is 5.73 Å². The molecule has 4 N–H and O–H groups in total. The van der Waals surface area contributed by atoms with Crippen LogP contribution in [0.4, 0.5) is 0 Å². The summed E-state index contributed by atoms with van der Waals surface area (Å²) in [5, 5.41) is 2.72. The molecule has 3 atom stereocenters. The first-order valence-electron chi connectivity index (χ1n) is 10.4. The molecule has 2 aliphatic rings. The Morgan fingerprint density at radius 1 is 1.07 bits per heavy atom. The summed E-state index contributed by atoms with van der Waals surface area (Å²) in [6.45, 7) is 2.24. The van der Waals surface area contributed by atoms with Crippen molar-refractivity contribution in [2.45, 2.75) is 76.0 Å². The Labute approximate surface area is 173 Å². The Kier molecular flexibility index (Phi) is 9.73. The lowest BCUT2D eigenvalue weighted by atomic mass is 9.91. The van der Waals surface area contributed by atoms with Gasteiger partial charge in [-0.15, -0.1) is 0 Å². The highest BCUT2D eigenvalue weighted by Gasteiger charge is 2.36. The first-order valence-corrected chi connectivity index (χ1v) is 13.0. The third-order valence-corrected chi connectivity index (χ3v) is 8.82. The van der Waals surface area contributed by atoms with E-state index in [1.807, 2.05) is 0 Å². The lowest BCUT2D eigenvalue weighted by molar-refractivity contribution is -0.119. The molecule has 0 spiro atoms. The summed E-state index contributed by atoms with van der Waals surface area (Å²) in [6, 6.07) is 0.0525. The van der Waals surface area contributed by atoms with E-state index in [0.717, 1.165) is 51.4 Å². The summed E-state index contributed by atoms with van der Waals surface area (Å²) in [7, 11) is -3.29. The van der Waals surface area contributed by atoms with E-state index >= 15 is 0 Å². The zero-order valence-electron chi connectivity index (χ0n) is 16.8. The molecule has 28 heavy (non-hydrogen) atoms. The molecule has 7 nitrogen and oxygen atoms in total. The first kappa shape index (κ1) is 23.6. The molecule has 3 unspecified atom stereocenters. The Balaban J connectivity index is 1.70. The van der Waals surface area contributed by atoms with Gasteiger partial charge in [0.1, 0.15) is 0 Å². The van der Waals surface area contributed by atoms with Crippen LogP contribution < -0.4 is 15.8 Å². The molecule has 0 aromatic carbocycles. The summed E-state index contributed by atoms with van der Waals surface area (Å²) in [6.07, 6.45) is 7.81. The number of hydrogen-bond acceptors (Lipinski definition) is 6. The van der Waals surface area contributed by atoms with E-state index in [0.29, 0.717) is 18.7 Å². The molecule has 2 saturated carbocycles. The quantitative estimate of drug-likeness (QED) is 0.377. The fourth-order valence-electron chi connectivity index (χ4n) is 4.49. The summed E-state index contributed by atoms with van der Waals surface area (Å²) in [4.78, 5) is 23.6. The summed E-state index contributed by atoms with van der Waals surface area (Å²) < 4.78 is 27.5. The van der Waals surface area contributed by atoms with Gasteiger partial charge < -0.3 is 11.1 Å². The molecule has 0 bridgehead atoms. The second-order valence-corrected chi connectivity index (χ2v) is 11.2. The topological polar surface area (TPSA) is 118 Å². The van der Waals surface area contributed by atoms with Gasteiger partial charge in [0, 0.05) is 31.7 Å². The van der Waals surface area contributed by atoms with E-state index in [-0.39, 0.29) is 40.7 Å². The van der Waals surface area contributed by atoms with Crippen LogP contribution in [0.15, 0.2) is 0 Å². The van der Waals surface area contributed by atoms with Crippen molar-refractivity contribution in [1.82, 2.24) is 10.0 Å². The third kappa shape index (κ3) is 7.31. The van der Waals surface area contributed by atoms with Crippen molar-refractivity contribution in [1.29, 1.82) is 0 Å². The number of amides is 1. The standard InChI is InChI=1S/C19H35N3O4S2/c1-14(23)22-18-9-8-15(17(18)13-20)12-19(24)27-11-10-21-28(25,26)16-6-4-2-3-5-7-16/h15-18,21H,2-13,20H2,1H3,(H,22,23). The van der Waals surface area contributed by atoms with Gasteiger partial charge in [-0.05, 0) is 44.1 Å². The van der Waals surface area contributed by atoms with Crippen LogP contribution in [-0.4, -0.2) is 49.6 Å². The van der Waals surface area contributed by atoms with Crippen molar-refractivity contribution < 1.29 is 18.0 Å². The molecule has 9 heteroatoms. The Morgan fingerprint density at radius 3 is 2.36 bits per heavy atom. The lowest BCUT2D eigenvalue weighted by Gasteiger charge is -2.23. The zero-order chi connectivity index (χ0) is 20.6. The van der Waals surface area contributed by atoms with E-state index < -0.39 is 10.0 Å². The van der Waals surface area contributed by atoms with Crippen molar-refractivity contribution in [2.24, 2.45) is 17.6 Å². The SMILES string of the molecule is CC(=O)NC1CCC(CC(=O)SCCNS(=O)(=O)C2CCCCCC2)C1CN. The van der Waals surface area contributed by atoms with Crippen LogP contribution in [0.5, 0.6) is 0 Å². The Morgan fingerprint density at radius 2 is 1.75 bits per heavy atom. The molecule has 0 aliphatic heterocycles. The largest absolute Gasteiger partial charge is 0.353 e. The minimum absolute atomic E-state index is 0.0525. The molecule has 0 saturated heterocycles. The second kappa shape index (κ2) is 11.5. The summed E-state index contributed by atoms with van der Waals surface area (Å²) in [5.41, 5.74) is 5.87. The van der Waals surface area contributed by atoms with Gasteiger partial charge in [0.2, 0.25) is 15.9 Å². The highest BCUT2D eigenvalue weighted by molar-refractivity contribution is 8.13. The number of carbonyl (C=O) groups excluding carboxylic acids is 2. The van der Waals surface area contributed by atoms with Gasteiger partial charge in [-0.1, -0.05) is 37.4 Å². The molecule has 0 aromatic rings. The number of nitrogens with one attached hydrogen (secondary N) is 2. The number of sulfonamides is 1. The van der Waals surface area contributed by atoms with E-state index in [9.17, 15) is 18.0 Å². The minimum atomic E-state index is -3.29. The molecular weight excluding hydrogens is 398 g/mol. The number of nitrogens with two attached hydrogens (primary N) is 1. The predicted octanol–water partition coefficient (Wildman–Crippen LogP) is 1.77. The van der Waals surface area contributed by atoms with Crippen LogP contribution in [0.25, 0.3) is 0 Å². The molecule has 0 radical (unpaired) electrons. The number of rotatable bonds is 9. The maximum absolute atomic E-state index is 12.4. The zero-order valence-corrected chi connectivity index (χ0v) is 18.5. The molecule has 162 valence electrons. The van der Waals surface area contributed by atoms with E-state index in [1.165, 1.54) is 18.7 Å². The molecule has 1 amide bonds. The van der Waals surface area contributed by atoms with Crippen LogP contribution in [0, 0.1) is 11.8 Å². The minimum Gasteiger partial charge on any atom is -0.353 e. The monoisotopic (exact) mass is 433 g/mol. The average molecular weight is 434 g/mol. The van der Waals surface area contributed by atoms with Crippen LogP contribution in [-0.2, 0) is 19.6 Å². The second-order valence-electron chi connectivity index (χ2n) is 8.02. The van der Waals surface area contributed by atoms with E-state index in [1.54, 1.807) is 0 Å². The van der Waals surface area contributed by atoms with Gasteiger partial charge in [0.05, 0.1) is 5.25 Å². The third-order valence-electron chi connectivity index (χ3n) is 5.97. The lowest BCUT2D eigenvalue weighted by Crippen LogP contribution is -2.40. The van der Waals surface area contributed by atoms with Crippen LogP contribution in [0.2, 0.25) is 0 Å². The van der Waals surface area contributed by atoms with Crippen LogP contribution in [0.3, 0.4) is 0 Å². The van der Waals surface area contributed by atoms with Gasteiger partial charge in [-0.25, -0.2) is 13.1 Å². The number of carbonyl (C=O) groups is 2. The van der Waals surface area contributed by atoms with Crippen molar-refractivity contribution in [3.8, 4) is 0 Å². The van der Waals surface area contributed by atoms with Crippen LogP contribution in [0.1, 0.15) is 64.7 Å². The number of hydrogen-bond donors (Lipinski definition) is 3.